The predicted octanol–water partition coefficient (Wildman–Crippen LogP) is 5.52. The Bertz CT molecular complexity index is 1230. The minimum Gasteiger partial charge on any atom is -0.494 e. The van der Waals surface area contributed by atoms with Crippen LogP contribution in [-0.2, 0) is 0 Å². The van der Waals surface area contributed by atoms with Crippen LogP contribution in [0, 0.1) is 0 Å². The number of amides is 2. The first-order valence-electron chi connectivity index (χ1n) is 12.9. The third-order valence-electron chi connectivity index (χ3n) is 6.80. The number of rotatable bonds is 7. The quantitative estimate of drug-likeness (QED) is 0.462. The number of carbonyl (C=O) groups is 2. The fraction of sp³-hybridized carbons (Fsp3) is 0.333. The number of nitrogens with one attached hydrogen (secondary N) is 1. The van der Waals surface area contributed by atoms with Crippen LogP contribution in [0.25, 0.3) is 0 Å². The highest BCUT2D eigenvalue weighted by molar-refractivity contribution is 6.04. The van der Waals surface area contributed by atoms with E-state index in [2.05, 4.69) is 24.4 Å². The van der Waals surface area contributed by atoms with Crippen molar-refractivity contribution in [3.63, 3.8) is 0 Å². The zero-order chi connectivity index (χ0) is 25.6. The zero-order valence-corrected chi connectivity index (χ0v) is 21.1. The Labute approximate surface area is 217 Å². The Morgan fingerprint density at radius 1 is 0.892 bits per heavy atom. The van der Waals surface area contributed by atoms with Crippen molar-refractivity contribution in [2.75, 3.05) is 38.2 Å². The summed E-state index contributed by atoms with van der Waals surface area (Å²) < 4.78 is 16.8. The largest absolute Gasteiger partial charge is 0.494 e. The molecule has 7 heteroatoms. The number of hydrogen-bond donors (Lipinski definition) is 1. The van der Waals surface area contributed by atoms with Gasteiger partial charge in [-0.25, -0.2) is 0 Å². The fourth-order valence-electron chi connectivity index (χ4n) is 4.74. The molecule has 0 atom stereocenters. The summed E-state index contributed by atoms with van der Waals surface area (Å²) in [5.74, 6) is 2.35. The molecule has 2 heterocycles. The number of likely N-dealkylation sites (tertiary alicyclic amines) is 1. The molecule has 1 fully saturated rings. The van der Waals surface area contributed by atoms with E-state index in [0.29, 0.717) is 61.5 Å². The van der Waals surface area contributed by atoms with Crippen molar-refractivity contribution in [3.05, 3.63) is 83.4 Å². The average Bonchev–Trinajstić information content (AvgIpc) is 2.96. The number of hydrogen-bond acceptors (Lipinski definition) is 5. The lowest BCUT2D eigenvalue weighted by Crippen LogP contribution is -2.38. The Hall–Kier alpha value is -4.00. The maximum Gasteiger partial charge on any atom is 0.255 e. The molecule has 0 unspecified atom stereocenters. The van der Waals surface area contributed by atoms with Crippen LogP contribution >= 0.6 is 0 Å². The van der Waals surface area contributed by atoms with E-state index in [0.717, 1.165) is 30.7 Å². The van der Waals surface area contributed by atoms with E-state index in [9.17, 15) is 9.59 Å². The Kier molecular flexibility index (Phi) is 7.59. The minimum atomic E-state index is -0.152. The second kappa shape index (κ2) is 11.4. The maximum absolute atomic E-state index is 13.0. The van der Waals surface area contributed by atoms with Crippen molar-refractivity contribution in [1.82, 2.24) is 4.90 Å². The maximum atomic E-state index is 13.0. The molecule has 0 saturated carbocycles. The summed E-state index contributed by atoms with van der Waals surface area (Å²) in [5, 5.41) is 2.96. The molecule has 7 nitrogen and oxygen atoms in total. The highest BCUT2D eigenvalue weighted by Crippen LogP contribution is 2.33. The summed E-state index contributed by atoms with van der Waals surface area (Å²) in [7, 11) is 0. The van der Waals surface area contributed by atoms with Gasteiger partial charge in [0.15, 0.2) is 11.5 Å². The number of fused-ring (bicyclic) bond motifs is 1. The summed E-state index contributed by atoms with van der Waals surface area (Å²) in [6.07, 6.45) is 2.74. The van der Waals surface area contributed by atoms with Gasteiger partial charge in [0.25, 0.3) is 11.8 Å². The van der Waals surface area contributed by atoms with E-state index >= 15 is 0 Å². The van der Waals surface area contributed by atoms with E-state index in [1.54, 1.807) is 18.2 Å². The standard InChI is InChI=1S/C30H32N2O5/c1-2-17-35-26-10-5-23(6-11-26)29(33)31-25-8-3-21(4-9-25)22-13-15-32(16-14-22)30(34)24-7-12-27-28(20-24)37-19-18-36-27/h3-12,20,22H,2,13-19H2,1H3,(H,31,33). The molecule has 2 aliphatic rings. The molecule has 5 rings (SSSR count). The monoisotopic (exact) mass is 500 g/mol. The van der Waals surface area contributed by atoms with Crippen molar-refractivity contribution in [2.24, 2.45) is 0 Å². The van der Waals surface area contributed by atoms with Crippen molar-refractivity contribution < 1.29 is 23.8 Å². The van der Waals surface area contributed by atoms with Crippen LogP contribution in [-0.4, -0.2) is 49.6 Å². The molecule has 0 aliphatic carbocycles. The van der Waals surface area contributed by atoms with Crippen molar-refractivity contribution in [3.8, 4) is 17.2 Å². The van der Waals surface area contributed by atoms with Gasteiger partial charge in [0.05, 0.1) is 6.61 Å². The van der Waals surface area contributed by atoms with Crippen LogP contribution in [0.2, 0.25) is 0 Å². The molecular formula is C30H32N2O5. The van der Waals surface area contributed by atoms with E-state index in [1.807, 2.05) is 41.3 Å². The summed E-state index contributed by atoms with van der Waals surface area (Å²) in [6, 6.07) is 20.6. The normalized spacial score (nSPS) is 15.2. The van der Waals surface area contributed by atoms with Crippen molar-refractivity contribution in [1.29, 1.82) is 0 Å². The van der Waals surface area contributed by atoms with Crippen LogP contribution in [0.5, 0.6) is 17.2 Å². The van der Waals surface area contributed by atoms with Crippen molar-refractivity contribution >= 4 is 17.5 Å². The van der Waals surface area contributed by atoms with Crippen LogP contribution in [0.15, 0.2) is 66.7 Å². The van der Waals surface area contributed by atoms with Crippen LogP contribution in [0.3, 0.4) is 0 Å². The topological polar surface area (TPSA) is 77.1 Å². The van der Waals surface area contributed by atoms with Gasteiger partial charge >= 0.3 is 0 Å². The zero-order valence-electron chi connectivity index (χ0n) is 21.1. The highest BCUT2D eigenvalue weighted by atomic mass is 16.6. The second-order valence-electron chi connectivity index (χ2n) is 9.37. The first-order chi connectivity index (χ1) is 18.1. The number of piperidine rings is 1. The lowest BCUT2D eigenvalue weighted by molar-refractivity contribution is 0.0711. The van der Waals surface area contributed by atoms with E-state index in [-0.39, 0.29) is 11.8 Å². The number of anilines is 1. The lowest BCUT2D eigenvalue weighted by atomic mass is 9.89. The molecule has 2 amide bonds. The minimum absolute atomic E-state index is 0.0263. The summed E-state index contributed by atoms with van der Waals surface area (Å²) in [4.78, 5) is 27.6. The SMILES string of the molecule is CCCOc1ccc(C(=O)Nc2ccc(C3CCN(C(=O)c4ccc5c(c4)OCCO5)CC3)cc2)cc1. The van der Waals surface area contributed by atoms with Crippen molar-refractivity contribution in [2.45, 2.75) is 32.1 Å². The molecule has 3 aromatic carbocycles. The Balaban J connectivity index is 1.13. The first kappa shape index (κ1) is 24.7. The molecule has 1 N–H and O–H groups in total. The molecular weight excluding hydrogens is 468 g/mol. The van der Waals surface area contributed by atoms with Gasteiger partial charge in [-0.1, -0.05) is 19.1 Å². The number of nitrogens with zero attached hydrogens (tertiary/aromatic N) is 1. The number of ether oxygens (including phenoxy) is 3. The average molecular weight is 501 g/mol. The number of carbonyl (C=O) groups excluding carboxylic acids is 2. The van der Waals surface area contributed by atoms with Gasteiger partial charge in [-0.3, -0.25) is 9.59 Å². The molecule has 37 heavy (non-hydrogen) atoms. The molecule has 1 saturated heterocycles. The van der Waals surface area contributed by atoms with Crippen LogP contribution in [0.1, 0.15) is 58.4 Å². The highest BCUT2D eigenvalue weighted by Gasteiger charge is 2.25. The molecule has 0 radical (unpaired) electrons. The summed E-state index contributed by atoms with van der Waals surface area (Å²) >= 11 is 0. The smallest absolute Gasteiger partial charge is 0.255 e. The Morgan fingerprint density at radius 2 is 1.57 bits per heavy atom. The summed E-state index contributed by atoms with van der Waals surface area (Å²) in [6.45, 7) is 5.15. The summed E-state index contributed by atoms with van der Waals surface area (Å²) in [5.41, 5.74) is 3.20. The van der Waals surface area contributed by atoms with Gasteiger partial charge in [0.1, 0.15) is 19.0 Å². The lowest BCUT2D eigenvalue weighted by Gasteiger charge is -2.32. The Morgan fingerprint density at radius 3 is 2.27 bits per heavy atom. The van der Waals surface area contributed by atoms with Gasteiger partial charge < -0.3 is 24.4 Å². The van der Waals surface area contributed by atoms with Gasteiger partial charge in [0, 0.05) is 29.9 Å². The molecule has 3 aromatic rings. The number of benzene rings is 3. The van der Waals surface area contributed by atoms with Crippen LogP contribution in [0.4, 0.5) is 5.69 Å². The van der Waals surface area contributed by atoms with E-state index < -0.39 is 0 Å². The first-order valence-corrected chi connectivity index (χ1v) is 12.9. The molecule has 0 bridgehead atoms. The van der Waals surface area contributed by atoms with E-state index in [4.69, 9.17) is 14.2 Å². The third kappa shape index (κ3) is 5.88. The predicted molar refractivity (Wildman–Crippen MR) is 142 cm³/mol. The molecule has 0 aromatic heterocycles. The van der Waals surface area contributed by atoms with Gasteiger partial charge in [0.2, 0.25) is 0 Å². The molecule has 0 spiro atoms. The molecule has 2 aliphatic heterocycles. The fourth-order valence-corrected chi connectivity index (χ4v) is 4.74. The molecule has 192 valence electrons. The van der Waals surface area contributed by atoms with Gasteiger partial charge in [-0.15, -0.1) is 0 Å². The third-order valence-corrected chi connectivity index (χ3v) is 6.80. The van der Waals surface area contributed by atoms with Gasteiger partial charge in [-0.05, 0) is 85.3 Å². The van der Waals surface area contributed by atoms with E-state index in [1.165, 1.54) is 5.56 Å². The van der Waals surface area contributed by atoms with Crippen LogP contribution < -0.4 is 19.5 Å². The van der Waals surface area contributed by atoms with Gasteiger partial charge in [-0.2, -0.15) is 0 Å². The second-order valence-corrected chi connectivity index (χ2v) is 9.37.